The normalized spacial score (nSPS) is 14.0. The van der Waals surface area contributed by atoms with Crippen molar-refractivity contribution in [1.82, 2.24) is 9.97 Å². The van der Waals surface area contributed by atoms with Crippen LogP contribution in [-0.2, 0) is 16.2 Å². The van der Waals surface area contributed by atoms with E-state index in [-0.39, 0.29) is 10.8 Å². The molecule has 0 saturated heterocycles. The number of rotatable bonds is 4. The zero-order chi connectivity index (χ0) is 32.1. The molecule has 0 N–H and O–H groups in total. The molecule has 3 nitrogen and oxygen atoms in total. The van der Waals surface area contributed by atoms with Crippen molar-refractivity contribution in [3.63, 3.8) is 0 Å². The number of benzene rings is 4. The lowest BCUT2D eigenvalue weighted by Gasteiger charge is -2.46. The molecule has 1 aliphatic heterocycles. The van der Waals surface area contributed by atoms with E-state index in [9.17, 15) is 0 Å². The van der Waals surface area contributed by atoms with Gasteiger partial charge in [0.1, 0.15) is 5.41 Å². The molecule has 228 valence electrons. The quantitative estimate of drug-likeness (QED) is 0.201. The first-order valence-electron chi connectivity index (χ1n) is 16.2. The summed E-state index contributed by atoms with van der Waals surface area (Å²) in [6.07, 6.45) is 1.92. The van der Waals surface area contributed by atoms with Crippen molar-refractivity contribution in [1.29, 1.82) is 0 Å². The average molecular weight is 600 g/mol. The Hall–Kier alpha value is -5.02. The van der Waals surface area contributed by atoms with E-state index >= 15 is 0 Å². The van der Waals surface area contributed by atoms with Gasteiger partial charge in [-0.15, -0.1) is 0 Å². The predicted molar refractivity (Wildman–Crippen MR) is 191 cm³/mol. The molecule has 0 saturated carbocycles. The zero-order valence-corrected chi connectivity index (χ0v) is 27.6. The Morgan fingerprint density at radius 2 is 1.07 bits per heavy atom. The zero-order valence-electron chi connectivity index (χ0n) is 27.6. The van der Waals surface area contributed by atoms with Gasteiger partial charge in [0.05, 0.1) is 28.5 Å². The highest BCUT2D eigenvalue weighted by atomic mass is 15.2. The number of hydrogen-bond donors (Lipinski definition) is 0. The molecule has 0 spiro atoms. The van der Waals surface area contributed by atoms with Crippen LogP contribution in [0.15, 0.2) is 140 Å². The summed E-state index contributed by atoms with van der Waals surface area (Å²) in [5.41, 5.74) is 11.3. The molecule has 3 heterocycles. The first-order chi connectivity index (χ1) is 22.1. The Kier molecular flexibility index (Phi) is 7.16. The summed E-state index contributed by atoms with van der Waals surface area (Å²) in [5.74, 6) is 0. The van der Waals surface area contributed by atoms with Gasteiger partial charge >= 0.3 is 0 Å². The fraction of sp³-hybridized carbons (Fsp3) is 0.209. The van der Waals surface area contributed by atoms with Crippen LogP contribution in [0.3, 0.4) is 0 Å². The van der Waals surface area contributed by atoms with Gasteiger partial charge in [-0.25, -0.2) is 0 Å². The minimum Gasteiger partial charge on any atom is -0.310 e. The Morgan fingerprint density at radius 1 is 0.522 bits per heavy atom. The van der Waals surface area contributed by atoms with Crippen LogP contribution in [0.5, 0.6) is 0 Å². The third-order valence-electron chi connectivity index (χ3n) is 9.28. The summed E-state index contributed by atoms with van der Waals surface area (Å²) in [6.45, 7) is 13.7. The Labute approximate surface area is 273 Å². The van der Waals surface area contributed by atoms with Gasteiger partial charge in [-0.2, -0.15) is 0 Å². The number of pyridine rings is 2. The van der Waals surface area contributed by atoms with E-state index in [1.165, 1.54) is 22.3 Å². The largest absolute Gasteiger partial charge is 0.310 e. The summed E-state index contributed by atoms with van der Waals surface area (Å²) in [7, 11) is 0. The summed E-state index contributed by atoms with van der Waals surface area (Å²) in [4.78, 5) is 13.1. The molecule has 0 atom stereocenters. The molecular weight excluding hydrogens is 558 g/mol. The summed E-state index contributed by atoms with van der Waals surface area (Å²) < 4.78 is 0. The van der Waals surface area contributed by atoms with Gasteiger partial charge in [0.25, 0.3) is 0 Å². The van der Waals surface area contributed by atoms with Gasteiger partial charge in [-0.05, 0) is 81.6 Å². The van der Waals surface area contributed by atoms with Crippen LogP contribution in [-0.4, -0.2) is 9.97 Å². The van der Waals surface area contributed by atoms with E-state index < -0.39 is 5.41 Å². The van der Waals surface area contributed by atoms with E-state index in [2.05, 4.69) is 174 Å². The lowest BCUT2D eigenvalue weighted by atomic mass is 9.64. The highest BCUT2D eigenvalue weighted by Crippen LogP contribution is 2.58. The number of nitrogens with zero attached hydrogens (tertiary/aromatic N) is 3. The molecule has 0 bridgehead atoms. The van der Waals surface area contributed by atoms with Crippen molar-refractivity contribution in [3.8, 4) is 11.3 Å². The Balaban J connectivity index is 1.68. The number of fused-ring (bicyclic) bond motifs is 2. The number of aromatic nitrogens is 2. The van der Waals surface area contributed by atoms with Crippen LogP contribution in [0.25, 0.3) is 11.3 Å². The van der Waals surface area contributed by atoms with Gasteiger partial charge < -0.3 is 4.90 Å². The molecule has 1 aliphatic rings. The predicted octanol–water partition coefficient (Wildman–Crippen LogP) is 10.9. The van der Waals surface area contributed by atoms with Crippen LogP contribution < -0.4 is 4.90 Å². The third-order valence-corrected chi connectivity index (χ3v) is 9.28. The molecule has 0 radical (unpaired) electrons. The van der Waals surface area contributed by atoms with Gasteiger partial charge in [0.2, 0.25) is 0 Å². The molecule has 46 heavy (non-hydrogen) atoms. The van der Waals surface area contributed by atoms with Crippen LogP contribution in [0.1, 0.15) is 75.2 Å². The molecule has 0 aliphatic carbocycles. The van der Waals surface area contributed by atoms with Crippen molar-refractivity contribution in [3.05, 3.63) is 173 Å². The van der Waals surface area contributed by atoms with Crippen molar-refractivity contribution in [2.24, 2.45) is 0 Å². The van der Waals surface area contributed by atoms with Crippen LogP contribution >= 0.6 is 0 Å². The fourth-order valence-electron chi connectivity index (χ4n) is 6.81. The molecule has 3 heteroatoms. The Bertz CT molecular complexity index is 1930. The van der Waals surface area contributed by atoms with Crippen LogP contribution in [0, 0.1) is 0 Å². The summed E-state index contributed by atoms with van der Waals surface area (Å²) in [5, 5.41) is 0. The molecular formula is C43H41N3. The maximum atomic E-state index is 5.54. The standard InChI is InChI=1S/C43H41N3/c1-41(2,3)31-23-25-37-34(28-31)43(39-21-13-14-27-44-39,40-22-15-20-36(45-40)30-16-9-7-10-17-30)35-29-32(42(4,5)6)24-26-38(35)46(37)33-18-11-8-12-19-33/h7-29H,1-6H3. The first kappa shape index (κ1) is 29.7. The molecule has 2 aromatic heterocycles. The van der Waals surface area contributed by atoms with Crippen molar-refractivity contribution in [2.75, 3.05) is 4.90 Å². The highest BCUT2D eigenvalue weighted by molar-refractivity contribution is 5.89. The smallest absolute Gasteiger partial charge is 0.109 e. The van der Waals surface area contributed by atoms with Gasteiger partial charge in [-0.3, -0.25) is 9.97 Å². The minimum atomic E-state index is -0.787. The SMILES string of the molecule is CC(C)(C)c1ccc2c(c1)C(c1ccccn1)(c1cccc(-c3ccccc3)n1)c1cc(C(C)(C)C)ccc1N2c1ccccc1. The maximum absolute atomic E-state index is 5.54. The average Bonchev–Trinajstić information content (AvgIpc) is 3.07. The molecule has 0 unspecified atom stereocenters. The molecule has 0 amide bonds. The lowest BCUT2D eigenvalue weighted by molar-refractivity contribution is 0.581. The monoisotopic (exact) mass is 599 g/mol. The van der Waals surface area contributed by atoms with Gasteiger partial charge in [-0.1, -0.05) is 126 Å². The van der Waals surface area contributed by atoms with Crippen molar-refractivity contribution < 1.29 is 0 Å². The lowest BCUT2D eigenvalue weighted by Crippen LogP contribution is -2.40. The molecule has 6 aromatic rings. The van der Waals surface area contributed by atoms with E-state index in [0.717, 1.165) is 39.7 Å². The minimum absolute atomic E-state index is 0.0602. The third kappa shape index (κ3) is 4.91. The first-order valence-corrected chi connectivity index (χ1v) is 16.2. The van der Waals surface area contributed by atoms with E-state index in [0.29, 0.717) is 0 Å². The highest BCUT2D eigenvalue weighted by Gasteiger charge is 2.49. The molecule has 7 rings (SSSR count). The van der Waals surface area contributed by atoms with E-state index in [4.69, 9.17) is 9.97 Å². The maximum Gasteiger partial charge on any atom is 0.109 e. The topological polar surface area (TPSA) is 29.0 Å². The van der Waals surface area contributed by atoms with Gasteiger partial charge in [0, 0.05) is 17.4 Å². The number of para-hydroxylation sites is 1. The van der Waals surface area contributed by atoms with Crippen molar-refractivity contribution >= 4 is 17.1 Å². The van der Waals surface area contributed by atoms with Gasteiger partial charge in [0.15, 0.2) is 0 Å². The fourth-order valence-corrected chi connectivity index (χ4v) is 6.81. The summed E-state index contributed by atoms with van der Waals surface area (Å²) >= 11 is 0. The second kappa shape index (κ2) is 11.1. The van der Waals surface area contributed by atoms with E-state index in [1.807, 2.05) is 12.3 Å². The second-order valence-electron chi connectivity index (χ2n) is 14.4. The van der Waals surface area contributed by atoms with E-state index in [1.54, 1.807) is 0 Å². The second-order valence-corrected chi connectivity index (χ2v) is 14.4. The van der Waals surface area contributed by atoms with Crippen molar-refractivity contribution in [2.45, 2.75) is 57.8 Å². The summed E-state index contributed by atoms with van der Waals surface area (Å²) in [6, 6.07) is 48.0. The number of hydrogen-bond acceptors (Lipinski definition) is 3. The van der Waals surface area contributed by atoms with Crippen LogP contribution in [0.4, 0.5) is 17.1 Å². The molecule has 4 aromatic carbocycles. The molecule has 0 fully saturated rings. The Morgan fingerprint density at radius 3 is 1.61 bits per heavy atom. The van der Waals surface area contributed by atoms with Crippen LogP contribution in [0.2, 0.25) is 0 Å². The number of anilines is 3.